The summed E-state index contributed by atoms with van der Waals surface area (Å²) in [6.07, 6.45) is 36.4. The molecule has 2 aliphatic rings. The summed E-state index contributed by atoms with van der Waals surface area (Å²) >= 11 is 0. The Morgan fingerprint density at radius 1 is 0.459 bits per heavy atom. The number of allylic oxidation sites excluding steroid dienone is 7. The van der Waals surface area contributed by atoms with Crippen LogP contribution in [0.5, 0.6) is 0 Å². The molecule has 74 heavy (non-hydrogen) atoms. The smallest absolute Gasteiger partial charge is 0.331 e. The first kappa shape index (κ1) is 67.6. The van der Waals surface area contributed by atoms with Gasteiger partial charge in [-0.1, -0.05) is 204 Å². The van der Waals surface area contributed by atoms with Crippen molar-refractivity contribution in [3.63, 3.8) is 0 Å². The van der Waals surface area contributed by atoms with Crippen LogP contribution in [0.25, 0.3) is 0 Å². The van der Waals surface area contributed by atoms with E-state index in [2.05, 4.69) is 38.2 Å². The van der Waals surface area contributed by atoms with E-state index in [1.54, 1.807) is 12.2 Å². The molecule has 0 aromatic heterocycles. The Kier molecular flexibility index (Phi) is 41.5. The van der Waals surface area contributed by atoms with Gasteiger partial charge in [0.1, 0.15) is 55.4 Å². The van der Waals surface area contributed by atoms with Crippen LogP contribution in [-0.2, 0) is 38.0 Å². The zero-order valence-electron chi connectivity index (χ0n) is 45.8. The summed E-state index contributed by atoms with van der Waals surface area (Å²) < 4.78 is 33.4. The van der Waals surface area contributed by atoms with Crippen molar-refractivity contribution in [2.45, 2.75) is 287 Å². The summed E-state index contributed by atoms with van der Waals surface area (Å²) in [5, 5.41) is 72.2. The van der Waals surface area contributed by atoms with Gasteiger partial charge in [0.05, 0.1) is 19.8 Å². The average molecular weight is 1050 g/mol. The Balaban J connectivity index is 1.78. The fraction of sp³-hybridized carbons (Fsp3) is 0.831. The van der Waals surface area contributed by atoms with Crippen molar-refractivity contribution >= 4 is 11.9 Å². The van der Waals surface area contributed by atoms with E-state index in [4.69, 9.17) is 28.4 Å². The summed E-state index contributed by atoms with van der Waals surface area (Å²) in [6.45, 7) is 2.46. The van der Waals surface area contributed by atoms with Crippen LogP contribution in [0.1, 0.15) is 219 Å². The molecule has 2 aliphatic heterocycles. The molecule has 15 nitrogen and oxygen atoms in total. The number of aliphatic hydroxyl groups excluding tert-OH is 7. The molecule has 0 aromatic carbocycles. The summed E-state index contributed by atoms with van der Waals surface area (Å²) in [7, 11) is 0. The van der Waals surface area contributed by atoms with Crippen molar-refractivity contribution in [3.05, 3.63) is 48.6 Å². The van der Waals surface area contributed by atoms with Crippen molar-refractivity contribution < 1.29 is 73.8 Å². The zero-order valence-corrected chi connectivity index (χ0v) is 45.8. The molecule has 2 saturated heterocycles. The summed E-state index contributed by atoms with van der Waals surface area (Å²) in [6, 6.07) is 0. The molecule has 0 bridgehead atoms. The molecule has 4 unspecified atom stereocenters. The summed E-state index contributed by atoms with van der Waals surface area (Å²) in [5.41, 5.74) is 0. The Labute approximate surface area is 446 Å². The standard InChI is InChI=1S/C59H104O15/c1-3-5-7-9-11-13-15-17-19-20-21-22-23-24-25-26-28-29-31-33-35-37-39-41-50(61)69-44-47(72-51(62)42-40-38-36-34-32-30-27-18-16-14-12-10-8-6-4-2)45-70-58-57(68)55(66)53(64)49(74-58)46-71-59-56(67)54(65)52(63)48(43-60)73-59/h26,28,33,35-36,38,40,42,47-49,52-60,63-68H,3-25,27,29-32,34,37,39,41,43-46H2,1-2H3/b28-26+,35-33+,38-36+,42-40+/t47-,48+,49+,52-,53-,54?,55?,56?,57?,58+,59+/m0/s1. The van der Waals surface area contributed by atoms with Gasteiger partial charge in [0, 0.05) is 12.5 Å². The number of hydrogen-bond acceptors (Lipinski definition) is 15. The van der Waals surface area contributed by atoms with Crippen LogP contribution in [0.2, 0.25) is 0 Å². The van der Waals surface area contributed by atoms with Crippen molar-refractivity contribution in [1.82, 2.24) is 0 Å². The number of esters is 2. The summed E-state index contributed by atoms with van der Waals surface area (Å²) in [4.78, 5) is 25.7. The van der Waals surface area contributed by atoms with Gasteiger partial charge in [0.2, 0.25) is 0 Å². The molecule has 0 amide bonds. The SMILES string of the molecule is CCCCCCCCCCCCC/C=C/C=C/C(=O)O[C@@H](COC(=O)CCC/C=C/CC/C=C/CCCCCCCCCCCCCCCC)CO[C@@H]1O[C@H](CO[C@@H]2O[C@H](CO)[C@H](O)C(O)C2O)[C@H](O)C(O)C1O. The number of aliphatic hydroxyl groups is 7. The monoisotopic (exact) mass is 1050 g/mol. The highest BCUT2D eigenvalue weighted by Gasteiger charge is 2.47. The van der Waals surface area contributed by atoms with Gasteiger partial charge in [0.25, 0.3) is 0 Å². The van der Waals surface area contributed by atoms with Crippen LogP contribution in [0, 0.1) is 0 Å². The lowest BCUT2D eigenvalue weighted by Crippen LogP contribution is -2.61. The van der Waals surface area contributed by atoms with Crippen molar-refractivity contribution in [1.29, 1.82) is 0 Å². The molecule has 11 atom stereocenters. The second-order valence-electron chi connectivity index (χ2n) is 20.5. The minimum absolute atomic E-state index is 0.138. The first-order valence-corrected chi connectivity index (χ1v) is 29.3. The van der Waals surface area contributed by atoms with Gasteiger partial charge in [-0.25, -0.2) is 4.79 Å². The van der Waals surface area contributed by atoms with Crippen molar-refractivity contribution in [2.24, 2.45) is 0 Å². The molecule has 7 N–H and O–H groups in total. The van der Waals surface area contributed by atoms with E-state index in [-0.39, 0.29) is 13.0 Å². The maximum Gasteiger partial charge on any atom is 0.331 e. The van der Waals surface area contributed by atoms with Gasteiger partial charge in [-0.15, -0.1) is 0 Å². The second kappa shape index (κ2) is 45.5. The molecule has 430 valence electrons. The molecule has 0 aliphatic carbocycles. The highest BCUT2D eigenvalue weighted by molar-refractivity contribution is 5.82. The molecule has 2 rings (SSSR count). The molecule has 2 fully saturated rings. The van der Waals surface area contributed by atoms with Crippen LogP contribution in [0.3, 0.4) is 0 Å². The molecule has 0 aromatic rings. The minimum Gasteiger partial charge on any atom is -0.462 e. The van der Waals surface area contributed by atoms with Gasteiger partial charge in [0.15, 0.2) is 18.7 Å². The number of ether oxygens (including phenoxy) is 6. The largest absolute Gasteiger partial charge is 0.462 e. The van der Waals surface area contributed by atoms with Gasteiger partial charge in [-0.3, -0.25) is 4.79 Å². The molecule has 2 heterocycles. The van der Waals surface area contributed by atoms with Crippen LogP contribution >= 0.6 is 0 Å². The first-order valence-electron chi connectivity index (χ1n) is 29.3. The molecule has 0 spiro atoms. The minimum atomic E-state index is -1.79. The Morgan fingerprint density at radius 2 is 0.878 bits per heavy atom. The van der Waals surface area contributed by atoms with Gasteiger partial charge >= 0.3 is 11.9 Å². The van der Waals surface area contributed by atoms with Crippen LogP contribution in [0.4, 0.5) is 0 Å². The van der Waals surface area contributed by atoms with Gasteiger partial charge in [-0.05, 0) is 51.4 Å². The first-order chi connectivity index (χ1) is 36.0. The number of unbranched alkanes of at least 4 members (excludes halogenated alkanes) is 27. The van der Waals surface area contributed by atoms with E-state index >= 15 is 0 Å². The highest BCUT2D eigenvalue weighted by Crippen LogP contribution is 2.27. The zero-order chi connectivity index (χ0) is 53.9. The second-order valence-corrected chi connectivity index (χ2v) is 20.5. The predicted molar refractivity (Wildman–Crippen MR) is 289 cm³/mol. The number of carbonyl (C=O) groups excluding carboxylic acids is 2. The Morgan fingerprint density at radius 3 is 1.38 bits per heavy atom. The number of carbonyl (C=O) groups is 2. The van der Waals surface area contributed by atoms with E-state index in [9.17, 15) is 45.3 Å². The lowest BCUT2D eigenvalue weighted by Gasteiger charge is -2.42. The average Bonchev–Trinajstić information content (AvgIpc) is 3.39. The number of rotatable bonds is 46. The Bertz CT molecular complexity index is 1470. The van der Waals surface area contributed by atoms with Gasteiger partial charge in [-0.2, -0.15) is 0 Å². The molecular formula is C59H104O15. The van der Waals surface area contributed by atoms with E-state index in [1.807, 2.05) is 6.08 Å². The van der Waals surface area contributed by atoms with E-state index < -0.39 is 99.3 Å². The highest BCUT2D eigenvalue weighted by atomic mass is 16.7. The maximum absolute atomic E-state index is 12.9. The molecule has 0 saturated carbocycles. The van der Waals surface area contributed by atoms with Crippen LogP contribution < -0.4 is 0 Å². The van der Waals surface area contributed by atoms with E-state index in [1.165, 1.54) is 154 Å². The summed E-state index contributed by atoms with van der Waals surface area (Å²) in [5.74, 6) is -1.22. The lowest BCUT2D eigenvalue weighted by molar-refractivity contribution is -0.332. The fourth-order valence-corrected chi connectivity index (χ4v) is 9.09. The fourth-order valence-electron chi connectivity index (χ4n) is 9.09. The topological polar surface area (TPSA) is 231 Å². The van der Waals surface area contributed by atoms with Crippen molar-refractivity contribution in [3.8, 4) is 0 Å². The molecule has 0 radical (unpaired) electrons. The van der Waals surface area contributed by atoms with E-state index in [0.29, 0.717) is 12.8 Å². The van der Waals surface area contributed by atoms with Crippen LogP contribution in [-0.4, -0.2) is 142 Å². The van der Waals surface area contributed by atoms with Crippen LogP contribution in [0.15, 0.2) is 48.6 Å². The third kappa shape index (κ3) is 32.3. The molecular weight excluding hydrogens is 949 g/mol. The normalized spacial score (nSPS) is 25.0. The maximum atomic E-state index is 12.9. The third-order valence-electron chi connectivity index (χ3n) is 13.9. The van der Waals surface area contributed by atoms with Gasteiger partial charge < -0.3 is 64.2 Å². The lowest BCUT2D eigenvalue weighted by atomic mass is 9.98. The number of hydrogen-bond donors (Lipinski definition) is 7. The van der Waals surface area contributed by atoms with Crippen molar-refractivity contribution in [2.75, 3.05) is 26.4 Å². The Hall–Kier alpha value is -2.54. The third-order valence-corrected chi connectivity index (χ3v) is 13.9. The van der Waals surface area contributed by atoms with E-state index in [0.717, 1.165) is 38.5 Å². The quantitative estimate of drug-likeness (QED) is 0.00989. The predicted octanol–water partition coefficient (Wildman–Crippen LogP) is 9.83. The molecule has 15 heteroatoms.